The lowest BCUT2D eigenvalue weighted by Crippen LogP contribution is -2.53. The molecule has 0 aromatic heterocycles. The first-order chi connectivity index (χ1) is 5.76. The largest absolute Gasteiger partial charge is 0.382 e. The van der Waals surface area contributed by atoms with Crippen LogP contribution in [0.5, 0.6) is 0 Å². The minimum absolute atomic E-state index is 0.314. The molecule has 0 bridgehead atoms. The Labute approximate surface area is 77.4 Å². The maximum absolute atomic E-state index is 10.1. The summed E-state index contributed by atoms with van der Waals surface area (Å²) in [7, 11) is 0. The minimum atomic E-state index is -2.08. The Morgan fingerprint density at radius 2 is 1.62 bits per heavy atom. The molecule has 2 rings (SSSR count). The van der Waals surface area contributed by atoms with E-state index in [1.165, 1.54) is 0 Å². The maximum Gasteiger partial charge on any atom is 0.208 e. The van der Waals surface area contributed by atoms with Crippen molar-refractivity contribution in [2.75, 3.05) is 0 Å². The number of rotatable bonds is 0. The molecule has 2 aliphatic rings. The molecule has 3 N–H and O–H groups in total. The van der Waals surface area contributed by atoms with Gasteiger partial charge in [-0.1, -0.05) is 25.7 Å². The van der Waals surface area contributed by atoms with E-state index in [1.54, 1.807) is 20.8 Å². The van der Waals surface area contributed by atoms with Gasteiger partial charge >= 0.3 is 0 Å². The zero-order chi connectivity index (χ0) is 10.1. The Hall–Kier alpha value is -0.560. The quantitative estimate of drug-likeness (QED) is 0.356. The summed E-state index contributed by atoms with van der Waals surface area (Å²) in [6.07, 6.45) is 0. The van der Waals surface area contributed by atoms with E-state index in [1.807, 2.05) is 0 Å². The van der Waals surface area contributed by atoms with Gasteiger partial charge in [0.2, 0.25) is 5.79 Å². The van der Waals surface area contributed by atoms with Crippen LogP contribution in [0.3, 0.4) is 0 Å². The van der Waals surface area contributed by atoms with Crippen LogP contribution >= 0.6 is 0 Å². The molecule has 0 aliphatic heterocycles. The van der Waals surface area contributed by atoms with Crippen molar-refractivity contribution >= 4 is 0 Å². The molecule has 13 heavy (non-hydrogen) atoms. The van der Waals surface area contributed by atoms with Crippen LogP contribution in [-0.4, -0.2) is 26.7 Å². The highest BCUT2D eigenvalue weighted by molar-refractivity contribution is 5.40. The van der Waals surface area contributed by atoms with Gasteiger partial charge in [0.05, 0.1) is 11.8 Å². The van der Waals surface area contributed by atoms with Gasteiger partial charge in [0, 0.05) is 5.41 Å². The standard InChI is InChI=1S/C10H14O3/c1-6-4-5-7-8(2,3)9(7,11)10(6,12)13/h6-7,11-13H,1-3H3. The fourth-order valence-corrected chi connectivity index (χ4v) is 2.35. The van der Waals surface area contributed by atoms with Gasteiger partial charge in [-0.2, -0.15) is 0 Å². The van der Waals surface area contributed by atoms with Crippen molar-refractivity contribution in [2.24, 2.45) is 17.3 Å². The lowest BCUT2D eigenvalue weighted by molar-refractivity contribution is -0.268. The second kappa shape index (κ2) is 1.93. The first kappa shape index (κ1) is 9.01. The van der Waals surface area contributed by atoms with Gasteiger partial charge in [0.1, 0.15) is 5.60 Å². The van der Waals surface area contributed by atoms with E-state index < -0.39 is 22.7 Å². The van der Waals surface area contributed by atoms with Gasteiger partial charge in [-0.3, -0.25) is 0 Å². The summed E-state index contributed by atoms with van der Waals surface area (Å²) in [6, 6.07) is 0. The zero-order valence-electron chi connectivity index (χ0n) is 8.00. The molecular weight excluding hydrogens is 168 g/mol. The van der Waals surface area contributed by atoms with E-state index in [0.717, 1.165) is 0 Å². The smallest absolute Gasteiger partial charge is 0.208 e. The van der Waals surface area contributed by atoms with Crippen molar-refractivity contribution in [3.8, 4) is 11.8 Å². The molecule has 3 nitrogen and oxygen atoms in total. The first-order valence-corrected chi connectivity index (χ1v) is 4.44. The number of hydrogen-bond acceptors (Lipinski definition) is 3. The Morgan fingerprint density at radius 3 is 2.08 bits per heavy atom. The number of hydrogen-bond donors (Lipinski definition) is 3. The fraction of sp³-hybridized carbons (Fsp3) is 0.800. The van der Waals surface area contributed by atoms with Gasteiger partial charge in [-0.15, -0.1) is 0 Å². The summed E-state index contributed by atoms with van der Waals surface area (Å²) in [5.74, 6) is 2.61. The molecule has 3 atom stereocenters. The van der Waals surface area contributed by atoms with Crippen molar-refractivity contribution in [1.82, 2.24) is 0 Å². The highest BCUT2D eigenvalue weighted by Crippen LogP contribution is 2.67. The van der Waals surface area contributed by atoms with Gasteiger partial charge < -0.3 is 15.3 Å². The van der Waals surface area contributed by atoms with E-state index in [-0.39, 0.29) is 5.92 Å². The average Bonchev–Trinajstić information content (AvgIpc) is 2.43. The summed E-state index contributed by atoms with van der Waals surface area (Å²) in [5, 5.41) is 29.6. The molecular formula is C10H14O3. The molecule has 0 saturated heterocycles. The van der Waals surface area contributed by atoms with Crippen LogP contribution in [0.2, 0.25) is 0 Å². The molecule has 1 saturated carbocycles. The van der Waals surface area contributed by atoms with Gasteiger partial charge in [0.25, 0.3) is 0 Å². The molecule has 0 aromatic rings. The third-order valence-corrected chi connectivity index (χ3v) is 3.65. The molecule has 2 aliphatic carbocycles. The SMILES string of the molecule is CC1C#CC2C(C)(C)C2(O)C1(O)O. The zero-order valence-corrected chi connectivity index (χ0v) is 8.00. The average molecular weight is 182 g/mol. The molecule has 0 aromatic carbocycles. The van der Waals surface area contributed by atoms with E-state index in [4.69, 9.17) is 0 Å². The summed E-state index contributed by atoms with van der Waals surface area (Å²) >= 11 is 0. The van der Waals surface area contributed by atoms with Gasteiger partial charge in [-0.05, 0) is 6.92 Å². The Balaban J connectivity index is 2.50. The van der Waals surface area contributed by atoms with Crippen LogP contribution in [0.15, 0.2) is 0 Å². The highest BCUT2D eigenvalue weighted by Gasteiger charge is 2.81. The molecule has 0 amide bonds. The first-order valence-electron chi connectivity index (χ1n) is 4.44. The van der Waals surface area contributed by atoms with Crippen molar-refractivity contribution in [3.05, 3.63) is 0 Å². The molecule has 3 heteroatoms. The second-order valence-corrected chi connectivity index (χ2v) is 4.66. The Morgan fingerprint density at radius 1 is 1.08 bits per heavy atom. The third kappa shape index (κ3) is 0.690. The van der Waals surface area contributed by atoms with Gasteiger partial charge in [0.15, 0.2) is 0 Å². The molecule has 0 radical (unpaired) electrons. The monoisotopic (exact) mass is 182 g/mol. The summed E-state index contributed by atoms with van der Waals surface area (Å²) in [5.41, 5.74) is -1.97. The molecule has 72 valence electrons. The summed E-state index contributed by atoms with van der Waals surface area (Å²) < 4.78 is 0. The second-order valence-electron chi connectivity index (χ2n) is 4.66. The summed E-state index contributed by atoms with van der Waals surface area (Å²) in [6.45, 7) is 5.20. The number of fused-ring (bicyclic) bond motifs is 1. The van der Waals surface area contributed by atoms with Crippen molar-refractivity contribution in [1.29, 1.82) is 0 Å². The lowest BCUT2D eigenvalue weighted by Gasteiger charge is -2.34. The maximum atomic E-state index is 10.1. The lowest BCUT2D eigenvalue weighted by atomic mass is 9.87. The molecule has 1 fully saturated rings. The van der Waals surface area contributed by atoms with Gasteiger partial charge in [-0.25, -0.2) is 0 Å². The van der Waals surface area contributed by atoms with Crippen LogP contribution in [0.1, 0.15) is 20.8 Å². The van der Waals surface area contributed by atoms with Crippen LogP contribution in [0.25, 0.3) is 0 Å². The van der Waals surface area contributed by atoms with Crippen LogP contribution in [0, 0.1) is 29.1 Å². The minimum Gasteiger partial charge on any atom is -0.382 e. The Kier molecular flexibility index (Phi) is 1.34. The molecule has 0 spiro atoms. The normalized spacial score (nSPS) is 48.8. The van der Waals surface area contributed by atoms with E-state index in [0.29, 0.717) is 0 Å². The summed E-state index contributed by atoms with van der Waals surface area (Å²) in [4.78, 5) is 0. The highest BCUT2D eigenvalue weighted by atomic mass is 16.5. The van der Waals surface area contributed by atoms with E-state index in [9.17, 15) is 15.3 Å². The van der Waals surface area contributed by atoms with E-state index >= 15 is 0 Å². The topological polar surface area (TPSA) is 60.7 Å². The van der Waals surface area contributed by atoms with Crippen molar-refractivity contribution in [2.45, 2.75) is 32.2 Å². The fourth-order valence-electron chi connectivity index (χ4n) is 2.35. The molecule has 3 unspecified atom stereocenters. The van der Waals surface area contributed by atoms with Crippen molar-refractivity contribution in [3.63, 3.8) is 0 Å². The van der Waals surface area contributed by atoms with Crippen LogP contribution in [-0.2, 0) is 0 Å². The van der Waals surface area contributed by atoms with Crippen LogP contribution < -0.4 is 0 Å². The molecule has 0 heterocycles. The predicted molar refractivity (Wildman–Crippen MR) is 46.3 cm³/mol. The predicted octanol–water partition coefficient (Wildman–Crippen LogP) is -0.292. The van der Waals surface area contributed by atoms with Crippen LogP contribution in [0.4, 0.5) is 0 Å². The van der Waals surface area contributed by atoms with Crippen molar-refractivity contribution < 1.29 is 15.3 Å². The Bertz CT molecular complexity index is 321. The third-order valence-electron chi connectivity index (χ3n) is 3.65. The number of aliphatic hydroxyl groups is 3. The van der Waals surface area contributed by atoms with E-state index in [2.05, 4.69) is 11.8 Å².